The topological polar surface area (TPSA) is 22.1 Å². The number of aromatic nitrogens is 1. The molecule has 0 saturated heterocycles. The summed E-state index contributed by atoms with van der Waals surface area (Å²) in [6.07, 6.45) is 1.64. The molecule has 1 aromatic carbocycles. The van der Waals surface area contributed by atoms with Crippen LogP contribution in [0.3, 0.4) is 0 Å². The van der Waals surface area contributed by atoms with Crippen molar-refractivity contribution in [3.8, 4) is 11.5 Å². The first-order valence-electron chi connectivity index (χ1n) is 4.45. The molecule has 1 aromatic heterocycles. The summed E-state index contributed by atoms with van der Waals surface area (Å²) in [5.41, 5.74) is 0.721. The van der Waals surface area contributed by atoms with E-state index in [1.54, 1.807) is 36.5 Å². The molecule has 1 radical (unpaired) electrons. The molecule has 0 unspecified atom stereocenters. The van der Waals surface area contributed by atoms with Crippen molar-refractivity contribution in [2.75, 3.05) is 0 Å². The first-order valence-corrected chi connectivity index (χ1v) is 4.83. The van der Waals surface area contributed by atoms with Gasteiger partial charge in [-0.15, -0.1) is 0 Å². The monoisotopic (exact) mass is 218 g/mol. The molecule has 0 aliphatic carbocycles. The van der Waals surface area contributed by atoms with Crippen LogP contribution in [0.1, 0.15) is 5.69 Å². The van der Waals surface area contributed by atoms with Gasteiger partial charge in [0.25, 0.3) is 0 Å². The second kappa shape index (κ2) is 4.32. The van der Waals surface area contributed by atoms with Crippen molar-refractivity contribution < 1.29 is 4.74 Å². The highest BCUT2D eigenvalue weighted by Crippen LogP contribution is 2.22. The molecule has 3 heteroatoms. The van der Waals surface area contributed by atoms with E-state index in [0.29, 0.717) is 10.8 Å². The van der Waals surface area contributed by atoms with Crippen molar-refractivity contribution in [2.24, 2.45) is 0 Å². The quantitative estimate of drug-likeness (QED) is 0.767. The molecule has 0 aliphatic rings. The number of halogens is 1. The number of rotatable bonds is 2. The molecule has 0 N–H and O–H groups in total. The van der Waals surface area contributed by atoms with E-state index in [-0.39, 0.29) is 0 Å². The smallest absolute Gasteiger partial charge is 0.145 e. The number of hydrogen-bond acceptors (Lipinski definition) is 2. The maximum atomic E-state index is 5.76. The molecule has 0 aliphatic heterocycles. The van der Waals surface area contributed by atoms with Crippen molar-refractivity contribution in [3.63, 3.8) is 0 Å². The fourth-order valence-electron chi connectivity index (χ4n) is 1.11. The van der Waals surface area contributed by atoms with Crippen molar-refractivity contribution in [3.05, 3.63) is 60.2 Å². The van der Waals surface area contributed by atoms with Gasteiger partial charge < -0.3 is 4.74 Å². The average molecular weight is 219 g/mol. The molecule has 0 fully saturated rings. The normalized spacial score (nSPS) is 10.0. The molecule has 1 heterocycles. The zero-order valence-electron chi connectivity index (χ0n) is 7.98. The second-order valence-electron chi connectivity index (χ2n) is 3.04. The van der Waals surface area contributed by atoms with Gasteiger partial charge in [-0.2, -0.15) is 0 Å². The highest BCUT2D eigenvalue weighted by atomic mass is 35.5. The van der Waals surface area contributed by atoms with Crippen LogP contribution in [-0.4, -0.2) is 4.98 Å². The van der Waals surface area contributed by atoms with E-state index in [1.807, 2.05) is 6.07 Å². The van der Waals surface area contributed by atoms with Crippen LogP contribution in [0.15, 0.2) is 42.6 Å². The number of hydrogen-bond donors (Lipinski definition) is 0. The number of pyridine rings is 1. The first kappa shape index (κ1) is 9.99. The van der Waals surface area contributed by atoms with E-state index >= 15 is 0 Å². The van der Waals surface area contributed by atoms with Crippen LogP contribution in [0.5, 0.6) is 11.5 Å². The van der Waals surface area contributed by atoms with E-state index in [0.717, 1.165) is 11.4 Å². The molecular formula is C12H9ClNO. The van der Waals surface area contributed by atoms with Gasteiger partial charge in [0.05, 0.1) is 6.20 Å². The summed E-state index contributed by atoms with van der Waals surface area (Å²) in [6, 6.07) is 10.8. The summed E-state index contributed by atoms with van der Waals surface area (Å²) in [4.78, 5) is 4.03. The summed E-state index contributed by atoms with van der Waals surface area (Å²) in [6.45, 7) is 3.70. The van der Waals surface area contributed by atoms with E-state index in [1.165, 1.54) is 0 Å². The zero-order valence-corrected chi connectivity index (χ0v) is 8.74. The molecule has 15 heavy (non-hydrogen) atoms. The largest absolute Gasteiger partial charge is 0.456 e. The summed E-state index contributed by atoms with van der Waals surface area (Å²) < 4.78 is 5.54. The highest BCUT2D eigenvalue weighted by Gasteiger charge is 1.97. The van der Waals surface area contributed by atoms with Gasteiger partial charge in [0.2, 0.25) is 0 Å². The van der Waals surface area contributed by atoms with Gasteiger partial charge in [0, 0.05) is 10.7 Å². The van der Waals surface area contributed by atoms with E-state index in [9.17, 15) is 0 Å². The van der Waals surface area contributed by atoms with Gasteiger partial charge in [-0.1, -0.05) is 11.6 Å². The van der Waals surface area contributed by atoms with Crippen LogP contribution in [0.4, 0.5) is 0 Å². The molecule has 0 atom stereocenters. The second-order valence-corrected chi connectivity index (χ2v) is 3.48. The maximum Gasteiger partial charge on any atom is 0.145 e. The van der Waals surface area contributed by atoms with Crippen LogP contribution in [0.25, 0.3) is 0 Å². The van der Waals surface area contributed by atoms with Gasteiger partial charge in [-0.25, -0.2) is 0 Å². The standard InChI is InChI=1S/C12H9ClNO/c1-9-2-5-12(8-14-9)15-11-6-3-10(13)4-7-11/h2-8H,1H2. The van der Waals surface area contributed by atoms with Crippen molar-refractivity contribution >= 4 is 11.6 Å². The lowest BCUT2D eigenvalue weighted by Gasteiger charge is -2.04. The van der Waals surface area contributed by atoms with Crippen molar-refractivity contribution in [2.45, 2.75) is 0 Å². The third-order valence-electron chi connectivity index (χ3n) is 1.85. The molecule has 2 nitrogen and oxygen atoms in total. The molecule has 0 saturated carbocycles. The van der Waals surface area contributed by atoms with E-state index in [4.69, 9.17) is 16.3 Å². The summed E-state index contributed by atoms with van der Waals surface area (Å²) in [5, 5.41) is 0.689. The predicted molar refractivity (Wildman–Crippen MR) is 60.2 cm³/mol. The molecule has 0 bridgehead atoms. The van der Waals surface area contributed by atoms with Crippen molar-refractivity contribution in [1.82, 2.24) is 4.98 Å². The van der Waals surface area contributed by atoms with Crippen LogP contribution >= 0.6 is 11.6 Å². The van der Waals surface area contributed by atoms with Crippen LogP contribution in [0, 0.1) is 6.92 Å². The summed E-state index contributed by atoms with van der Waals surface area (Å²) >= 11 is 5.76. The number of benzene rings is 1. The Hall–Kier alpha value is -1.54. The molecule has 0 amide bonds. The molecule has 75 valence electrons. The predicted octanol–water partition coefficient (Wildman–Crippen LogP) is 3.71. The van der Waals surface area contributed by atoms with Crippen molar-refractivity contribution in [1.29, 1.82) is 0 Å². The highest BCUT2D eigenvalue weighted by molar-refractivity contribution is 6.30. The lowest BCUT2D eigenvalue weighted by Crippen LogP contribution is -1.86. The first-order chi connectivity index (χ1) is 7.24. The number of nitrogens with zero attached hydrogens (tertiary/aromatic N) is 1. The summed E-state index contributed by atoms with van der Waals surface area (Å²) in [7, 11) is 0. The Morgan fingerprint density at radius 3 is 2.27 bits per heavy atom. The van der Waals surface area contributed by atoms with Gasteiger partial charge in [0.15, 0.2) is 0 Å². The van der Waals surface area contributed by atoms with Gasteiger partial charge in [0.1, 0.15) is 11.5 Å². The van der Waals surface area contributed by atoms with E-state index in [2.05, 4.69) is 11.9 Å². The Labute approximate surface area is 93.5 Å². The SMILES string of the molecule is [CH2]c1ccc(Oc2ccc(Cl)cc2)cn1. The lowest BCUT2D eigenvalue weighted by atomic mass is 10.3. The third-order valence-corrected chi connectivity index (χ3v) is 2.10. The minimum absolute atomic E-state index is 0.685. The van der Waals surface area contributed by atoms with Gasteiger partial charge in [-0.05, 0) is 43.3 Å². The van der Waals surface area contributed by atoms with Gasteiger partial charge in [-0.3, -0.25) is 4.98 Å². The minimum atomic E-state index is 0.685. The molecule has 2 rings (SSSR count). The Bertz CT molecular complexity index is 393. The average Bonchev–Trinajstić information content (AvgIpc) is 2.25. The van der Waals surface area contributed by atoms with E-state index < -0.39 is 0 Å². The lowest BCUT2D eigenvalue weighted by molar-refractivity contribution is 0.480. The number of ether oxygens (including phenoxy) is 1. The molecule has 0 spiro atoms. The fraction of sp³-hybridized carbons (Fsp3) is 0. The fourth-order valence-corrected chi connectivity index (χ4v) is 1.24. The minimum Gasteiger partial charge on any atom is -0.456 e. The van der Waals surface area contributed by atoms with Crippen LogP contribution in [-0.2, 0) is 0 Å². The van der Waals surface area contributed by atoms with Crippen LogP contribution < -0.4 is 4.74 Å². The summed E-state index contributed by atoms with van der Waals surface area (Å²) in [5.74, 6) is 1.42. The molecular weight excluding hydrogens is 210 g/mol. The Kier molecular flexibility index (Phi) is 2.88. The maximum absolute atomic E-state index is 5.76. The Balaban J connectivity index is 2.15. The Morgan fingerprint density at radius 1 is 1.00 bits per heavy atom. The zero-order chi connectivity index (χ0) is 10.7. The third kappa shape index (κ3) is 2.70. The Morgan fingerprint density at radius 2 is 1.67 bits per heavy atom. The molecule has 2 aromatic rings. The van der Waals surface area contributed by atoms with Gasteiger partial charge >= 0.3 is 0 Å². The van der Waals surface area contributed by atoms with Crippen LogP contribution in [0.2, 0.25) is 5.02 Å².